The summed E-state index contributed by atoms with van der Waals surface area (Å²) in [5.41, 5.74) is 10.6. The van der Waals surface area contributed by atoms with Crippen LogP contribution in [0, 0.1) is 0 Å². The van der Waals surface area contributed by atoms with Crippen molar-refractivity contribution in [2.45, 2.75) is 0 Å². The maximum atomic E-state index is 2.40. The molecule has 0 amide bonds. The van der Waals surface area contributed by atoms with Gasteiger partial charge in [-0.15, -0.1) is 11.3 Å². The number of anilines is 3. The molecule has 60 heavy (non-hydrogen) atoms. The van der Waals surface area contributed by atoms with E-state index in [4.69, 9.17) is 0 Å². The lowest BCUT2D eigenvalue weighted by molar-refractivity contribution is 1.28. The van der Waals surface area contributed by atoms with Gasteiger partial charge in [0, 0.05) is 37.2 Å². The molecule has 11 aromatic carbocycles. The molecular formula is C58H37NS. The summed E-state index contributed by atoms with van der Waals surface area (Å²) in [5, 5.41) is 12.8. The van der Waals surface area contributed by atoms with E-state index >= 15 is 0 Å². The van der Waals surface area contributed by atoms with E-state index in [1.807, 2.05) is 11.3 Å². The van der Waals surface area contributed by atoms with Crippen LogP contribution in [0.25, 0.3) is 96.6 Å². The summed E-state index contributed by atoms with van der Waals surface area (Å²) in [6.45, 7) is 0. The molecule has 12 rings (SSSR count). The average Bonchev–Trinajstić information content (AvgIpc) is 3.70. The first-order valence-corrected chi connectivity index (χ1v) is 21.4. The van der Waals surface area contributed by atoms with Gasteiger partial charge >= 0.3 is 0 Å². The molecule has 0 saturated heterocycles. The molecule has 0 N–H and O–H groups in total. The quantitative estimate of drug-likeness (QED) is 0.152. The second-order valence-electron chi connectivity index (χ2n) is 15.7. The SMILES string of the molecule is c1cc(-c2cc3ccccc3c3ccccc23)cc(N(c2ccc(-c3ccc4sc5ccccc5c4c3)cc2)c2ccc(-c3cc4ccccc4c4ccccc34)cc2)c1. The Morgan fingerprint density at radius 1 is 0.250 bits per heavy atom. The largest absolute Gasteiger partial charge is 0.310 e. The molecule has 1 heterocycles. The van der Waals surface area contributed by atoms with Crippen LogP contribution < -0.4 is 4.90 Å². The Hall–Kier alpha value is -7.52. The van der Waals surface area contributed by atoms with Gasteiger partial charge in [0.2, 0.25) is 0 Å². The molecule has 0 spiro atoms. The van der Waals surface area contributed by atoms with Crippen LogP contribution in [0.2, 0.25) is 0 Å². The Bertz CT molecular complexity index is 3600. The van der Waals surface area contributed by atoms with Crippen LogP contribution in [0.3, 0.4) is 0 Å². The summed E-state index contributed by atoms with van der Waals surface area (Å²) < 4.78 is 2.65. The summed E-state index contributed by atoms with van der Waals surface area (Å²) >= 11 is 1.86. The molecule has 0 saturated carbocycles. The predicted octanol–water partition coefficient (Wildman–Crippen LogP) is 17.1. The number of hydrogen-bond donors (Lipinski definition) is 0. The van der Waals surface area contributed by atoms with Crippen molar-refractivity contribution >= 4 is 91.7 Å². The highest BCUT2D eigenvalue weighted by molar-refractivity contribution is 7.25. The summed E-state index contributed by atoms with van der Waals surface area (Å²) in [5.74, 6) is 0. The van der Waals surface area contributed by atoms with E-state index in [9.17, 15) is 0 Å². The van der Waals surface area contributed by atoms with E-state index in [-0.39, 0.29) is 0 Å². The zero-order chi connectivity index (χ0) is 39.6. The molecular weight excluding hydrogens is 743 g/mol. The first-order chi connectivity index (χ1) is 29.7. The van der Waals surface area contributed by atoms with Crippen LogP contribution in [-0.2, 0) is 0 Å². The van der Waals surface area contributed by atoms with Crippen LogP contribution in [0.4, 0.5) is 17.1 Å². The normalized spacial score (nSPS) is 11.7. The van der Waals surface area contributed by atoms with Gasteiger partial charge in [-0.25, -0.2) is 0 Å². The monoisotopic (exact) mass is 779 g/mol. The van der Waals surface area contributed by atoms with Gasteiger partial charge in [0.25, 0.3) is 0 Å². The Labute approximate surface area is 352 Å². The number of fused-ring (bicyclic) bond motifs is 9. The molecule has 0 aliphatic rings. The van der Waals surface area contributed by atoms with Gasteiger partial charge in [-0.1, -0.05) is 158 Å². The lowest BCUT2D eigenvalue weighted by Gasteiger charge is -2.27. The van der Waals surface area contributed by atoms with E-state index in [0.717, 1.165) is 17.1 Å². The molecule has 0 bridgehead atoms. The zero-order valence-corrected chi connectivity index (χ0v) is 33.5. The smallest absolute Gasteiger partial charge is 0.0467 e. The Morgan fingerprint density at radius 2 is 0.733 bits per heavy atom. The van der Waals surface area contributed by atoms with Gasteiger partial charge in [-0.3, -0.25) is 0 Å². The maximum absolute atomic E-state index is 2.40. The van der Waals surface area contributed by atoms with Crippen LogP contribution in [0.5, 0.6) is 0 Å². The maximum Gasteiger partial charge on any atom is 0.0467 e. The second-order valence-corrected chi connectivity index (χ2v) is 16.8. The van der Waals surface area contributed by atoms with Crippen molar-refractivity contribution in [3.05, 3.63) is 224 Å². The fourth-order valence-corrected chi connectivity index (χ4v) is 10.4. The van der Waals surface area contributed by atoms with Crippen LogP contribution in [0.15, 0.2) is 224 Å². The predicted molar refractivity (Wildman–Crippen MR) is 260 cm³/mol. The molecule has 0 aliphatic carbocycles. The Morgan fingerprint density at radius 3 is 1.37 bits per heavy atom. The van der Waals surface area contributed by atoms with Crippen molar-refractivity contribution in [2.24, 2.45) is 0 Å². The standard InChI is InChI=1S/C58H37NS/c1-3-16-47-42(12-1)36-54(51-20-7-5-18-49(47)51)39-26-31-45(32-27-39)59(44-29-24-38(25-30-44)40-28-33-58-56(35-40)53-22-9-10-23-57(53)60-58)46-15-11-14-41(34-46)55-37-43-13-2-4-17-48(43)50-19-6-8-21-52(50)55/h1-37H. The third-order valence-corrected chi connectivity index (χ3v) is 13.4. The van der Waals surface area contributed by atoms with E-state index in [0.29, 0.717) is 0 Å². The molecule has 12 aromatic rings. The minimum atomic E-state index is 1.10. The number of thiophene rings is 1. The zero-order valence-electron chi connectivity index (χ0n) is 32.7. The van der Waals surface area contributed by atoms with E-state index in [1.54, 1.807) is 0 Å². The third-order valence-electron chi connectivity index (χ3n) is 12.2. The lowest BCUT2D eigenvalue weighted by atomic mass is 9.93. The summed E-state index contributed by atoms with van der Waals surface area (Å²) in [6, 6.07) is 82.6. The van der Waals surface area contributed by atoms with Crippen molar-refractivity contribution in [1.29, 1.82) is 0 Å². The van der Waals surface area contributed by atoms with Crippen molar-refractivity contribution in [1.82, 2.24) is 0 Å². The second kappa shape index (κ2) is 14.1. The molecule has 0 unspecified atom stereocenters. The fourth-order valence-electron chi connectivity index (χ4n) is 9.34. The van der Waals surface area contributed by atoms with Gasteiger partial charge in [0.1, 0.15) is 0 Å². The number of nitrogens with zero attached hydrogens (tertiary/aromatic N) is 1. The molecule has 1 aromatic heterocycles. The van der Waals surface area contributed by atoms with E-state index in [1.165, 1.54) is 96.6 Å². The van der Waals surface area contributed by atoms with Crippen LogP contribution in [-0.4, -0.2) is 0 Å². The number of hydrogen-bond acceptors (Lipinski definition) is 2. The van der Waals surface area contributed by atoms with Crippen molar-refractivity contribution in [2.75, 3.05) is 4.90 Å². The van der Waals surface area contributed by atoms with E-state index < -0.39 is 0 Å². The third kappa shape index (κ3) is 5.76. The molecule has 0 aliphatic heterocycles. The van der Waals surface area contributed by atoms with Crippen LogP contribution in [0.1, 0.15) is 0 Å². The highest BCUT2D eigenvalue weighted by Gasteiger charge is 2.17. The highest BCUT2D eigenvalue weighted by Crippen LogP contribution is 2.43. The van der Waals surface area contributed by atoms with Crippen molar-refractivity contribution in [3.8, 4) is 33.4 Å². The molecule has 0 radical (unpaired) electrons. The molecule has 280 valence electrons. The van der Waals surface area contributed by atoms with Crippen molar-refractivity contribution < 1.29 is 0 Å². The van der Waals surface area contributed by atoms with Crippen molar-refractivity contribution in [3.63, 3.8) is 0 Å². The first-order valence-electron chi connectivity index (χ1n) is 20.6. The molecule has 1 nitrogen and oxygen atoms in total. The van der Waals surface area contributed by atoms with Gasteiger partial charge < -0.3 is 4.90 Å². The lowest BCUT2D eigenvalue weighted by Crippen LogP contribution is -2.10. The highest BCUT2D eigenvalue weighted by atomic mass is 32.1. The van der Waals surface area contributed by atoms with Gasteiger partial charge in [0.05, 0.1) is 0 Å². The topological polar surface area (TPSA) is 3.24 Å². The minimum Gasteiger partial charge on any atom is -0.310 e. The van der Waals surface area contributed by atoms with Gasteiger partial charge in [-0.05, 0) is 143 Å². The average molecular weight is 780 g/mol. The van der Waals surface area contributed by atoms with Gasteiger partial charge in [-0.2, -0.15) is 0 Å². The van der Waals surface area contributed by atoms with Gasteiger partial charge in [0.15, 0.2) is 0 Å². The number of benzene rings is 11. The Balaban J connectivity index is 0.993. The molecule has 0 atom stereocenters. The summed E-state index contributed by atoms with van der Waals surface area (Å²) in [6.07, 6.45) is 0. The molecule has 2 heteroatoms. The number of rotatable bonds is 6. The summed E-state index contributed by atoms with van der Waals surface area (Å²) in [4.78, 5) is 2.40. The summed E-state index contributed by atoms with van der Waals surface area (Å²) in [7, 11) is 0. The minimum absolute atomic E-state index is 1.10. The van der Waals surface area contributed by atoms with Crippen LogP contribution >= 0.6 is 11.3 Å². The van der Waals surface area contributed by atoms with E-state index in [2.05, 4.69) is 229 Å². The first kappa shape index (κ1) is 34.5. The Kier molecular flexibility index (Phi) is 8.11. The molecule has 0 fully saturated rings. The fraction of sp³-hybridized carbons (Fsp3) is 0.